The molecule has 0 saturated heterocycles. The summed E-state index contributed by atoms with van der Waals surface area (Å²) in [7, 11) is 1.58. The van der Waals surface area contributed by atoms with Crippen LogP contribution in [0.15, 0.2) is 53.1 Å². The van der Waals surface area contributed by atoms with E-state index in [1.165, 1.54) is 12.1 Å². The van der Waals surface area contributed by atoms with Crippen molar-refractivity contribution < 1.29 is 18.8 Å². The fraction of sp³-hybridized carbons (Fsp3) is 0.118. The first kappa shape index (κ1) is 14.3. The van der Waals surface area contributed by atoms with Crippen molar-refractivity contribution in [1.82, 2.24) is 5.16 Å². The maximum Gasteiger partial charge on any atom is 0.173 e. The molecule has 112 valence electrons. The van der Waals surface area contributed by atoms with Gasteiger partial charge in [0.2, 0.25) is 0 Å². The highest BCUT2D eigenvalue weighted by Crippen LogP contribution is 2.33. The van der Waals surface area contributed by atoms with Gasteiger partial charge < -0.3 is 14.4 Å². The van der Waals surface area contributed by atoms with Gasteiger partial charge in [0.15, 0.2) is 5.76 Å². The van der Waals surface area contributed by atoms with Crippen LogP contribution in [-0.2, 0) is 6.61 Å². The van der Waals surface area contributed by atoms with Gasteiger partial charge in [0.1, 0.15) is 17.3 Å². The maximum absolute atomic E-state index is 13.0. The van der Waals surface area contributed by atoms with Crippen LogP contribution in [0.1, 0.15) is 5.56 Å². The molecular weight excluding hydrogens is 285 g/mol. The Labute approximate surface area is 126 Å². The number of nitrogens with zero attached hydrogens (tertiary/aromatic N) is 1. The Morgan fingerprint density at radius 2 is 1.91 bits per heavy atom. The zero-order valence-corrected chi connectivity index (χ0v) is 11.9. The Hall–Kier alpha value is -2.66. The minimum Gasteiger partial charge on any atom is -0.497 e. The minimum atomic E-state index is -0.328. The second-order valence-corrected chi connectivity index (χ2v) is 4.74. The molecule has 0 spiro atoms. The molecule has 5 heteroatoms. The van der Waals surface area contributed by atoms with Crippen molar-refractivity contribution in [3.63, 3.8) is 0 Å². The van der Waals surface area contributed by atoms with Gasteiger partial charge in [0, 0.05) is 11.1 Å². The van der Waals surface area contributed by atoms with Gasteiger partial charge in [-0.1, -0.05) is 17.3 Å². The largest absolute Gasteiger partial charge is 0.497 e. The van der Waals surface area contributed by atoms with Crippen LogP contribution in [0, 0.1) is 5.82 Å². The molecule has 0 atom stereocenters. The van der Waals surface area contributed by atoms with E-state index in [2.05, 4.69) is 5.16 Å². The summed E-state index contributed by atoms with van der Waals surface area (Å²) in [5.41, 5.74) is 2.49. The van der Waals surface area contributed by atoms with Gasteiger partial charge in [0.05, 0.1) is 19.3 Å². The van der Waals surface area contributed by atoms with Crippen LogP contribution >= 0.6 is 0 Å². The summed E-state index contributed by atoms with van der Waals surface area (Å²) in [5.74, 6) is 0.827. The Balaban J connectivity index is 2.08. The molecule has 2 aromatic carbocycles. The van der Waals surface area contributed by atoms with Crippen molar-refractivity contribution in [2.24, 2.45) is 0 Å². The van der Waals surface area contributed by atoms with Gasteiger partial charge in [0.25, 0.3) is 0 Å². The predicted octanol–water partition coefficient (Wildman–Crippen LogP) is 3.65. The van der Waals surface area contributed by atoms with Crippen molar-refractivity contribution in [3.8, 4) is 28.3 Å². The molecule has 0 bridgehead atoms. The molecule has 22 heavy (non-hydrogen) atoms. The van der Waals surface area contributed by atoms with Crippen molar-refractivity contribution in [1.29, 1.82) is 0 Å². The predicted molar refractivity (Wildman–Crippen MR) is 79.8 cm³/mol. The number of ether oxygens (including phenoxy) is 1. The van der Waals surface area contributed by atoms with E-state index in [1.807, 2.05) is 18.2 Å². The topological polar surface area (TPSA) is 55.5 Å². The van der Waals surface area contributed by atoms with Crippen molar-refractivity contribution >= 4 is 0 Å². The molecule has 3 rings (SSSR count). The van der Waals surface area contributed by atoms with E-state index in [-0.39, 0.29) is 12.4 Å². The van der Waals surface area contributed by atoms with Gasteiger partial charge in [-0.25, -0.2) is 4.39 Å². The quantitative estimate of drug-likeness (QED) is 0.799. The first-order valence-electron chi connectivity index (χ1n) is 6.72. The van der Waals surface area contributed by atoms with Crippen LogP contribution in [0.3, 0.4) is 0 Å². The second kappa shape index (κ2) is 5.99. The maximum atomic E-state index is 13.0. The zero-order chi connectivity index (χ0) is 15.5. The van der Waals surface area contributed by atoms with Crippen LogP contribution in [0.25, 0.3) is 22.6 Å². The van der Waals surface area contributed by atoms with E-state index in [9.17, 15) is 9.50 Å². The summed E-state index contributed by atoms with van der Waals surface area (Å²) in [5, 5.41) is 13.7. The third-order valence-corrected chi connectivity index (χ3v) is 3.40. The lowest BCUT2D eigenvalue weighted by atomic mass is 10.0. The highest BCUT2D eigenvalue weighted by Gasteiger charge is 2.18. The molecule has 4 nitrogen and oxygen atoms in total. The summed E-state index contributed by atoms with van der Waals surface area (Å²) >= 11 is 0. The molecule has 0 fully saturated rings. The SMILES string of the molecule is COc1cccc(-c2onc(-c3ccc(F)cc3)c2CO)c1. The van der Waals surface area contributed by atoms with Gasteiger partial charge in [-0.2, -0.15) is 0 Å². The third-order valence-electron chi connectivity index (χ3n) is 3.40. The van der Waals surface area contributed by atoms with E-state index in [4.69, 9.17) is 9.26 Å². The van der Waals surface area contributed by atoms with Crippen LogP contribution in [0.5, 0.6) is 5.75 Å². The molecule has 0 amide bonds. The number of halogens is 1. The fourth-order valence-electron chi connectivity index (χ4n) is 2.28. The summed E-state index contributed by atoms with van der Waals surface area (Å²) in [6.07, 6.45) is 0. The number of rotatable bonds is 4. The molecule has 1 heterocycles. The highest BCUT2D eigenvalue weighted by atomic mass is 19.1. The minimum absolute atomic E-state index is 0.233. The Morgan fingerprint density at radius 1 is 1.14 bits per heavy atom. The van der Waals surface area contributed by atoms with E-state index < -0.39 is 0 Å². The number of aromatic nitrogens is 1. The first-order valence-corrected chi connectivity index (χ1v) is 6.72. The molecule has 0 unspecified atom stereocenters. The standard InChI is InChI=1S/C17H14FNO3/c1-21-14-4-2-3-12(9-14)17-15(10-20)16(19-22-17)11-5-7-13(18)8-6-11/h2-9,20H,10H2,1H3. The lowest BCUT2D eigenvalue weighted by molar-refractivity contribution is 0.281. The van der Waals surface area contributed by atoms with Crippen LogP contribution < -0.4 is 4.74 Å². The van der Waals surface area contributed by atoms with Gasteiger partial charge in [-0.15, -0.1) is 0 Å². The zero-order valence-electron chi connectivity index (χ0n) is 11.9. The van der Waals surface area contributed by atoms with Crippen LogP contribution in [0.4, 0.5) is 4.39 Å². The molecule has 0 radical (unpaired) electrons. The molecule has 0 aliphatic rings. The van der Waals surface area contributed by atoms with Crippen LogP contribution in [0.2, 0.25) is 0 Å². The van der Waals surface area contributed by atoms with E-state index in [1.54, 1.807) is 25.3 Å². The first-order chi connectivity index (χ1) is 10.7. The van der Waals surface area contributed by atoms with Gasteiger partial charge in [-0.05, 0) is 36.4 Å². The summed E-state index contributed by atoms with van der Waals surface area (Å²) < 4.78 is 23.6. The average Bonchev–Trinajstić information content (AvgIpc) is 2.99. The normalized spacial score (nSPS) is 10.7. The fourth-order valence-corrected chi connectivity index (χ4v) is 2.28. The number of hydrogen-bond acceptors (Lipinski definition) is 4. The third kappa shape index (κ3) is 2.58. The van der Waals surface area contributed by atoms with Crippen molar-refractivity contribution in [2.45, 2.75) is 6.61 Å². The molecule has 0 saturated carbocycles. The summed E-state index contributed by atoms with van der Waals surface area (Å²) in [4.78, 5) is 0. The number of methoxy groups -OCH3 is 1. The molecule has 0 aliphatic carbocycles. The van der Waals surface area contributed by atoms with E-state index >= 15 is 0 Å². The number of aliphatic hydroxyl groups is 1. The Bertz CT molecular complexity index is 781. The molecule has 1 N–H and O–H groups in total. The number of aliphatic hydroxyl groups excluding tert-OH is 1. The smallest absolute Gasteiger partial charge is 0.173 e. The molecule has 3 aromatic rings. The second-order valence-electron chi connectivity index (χ2n) is 4.74. The van der Waals surface area contributed by atoms with Crippen LogP contribution in [-0.4, -0.2) is 17.4 Å². The van der Waals surface area contributed by atoms with E-state index in [0.29, 0.717) is 28.3 Å². The lowest BCUT2D eigenvalue weighted by Crippen LogP contribution is -1.90. The average molecular weight is 299 g/mol. The Morgan fingerprint density at radius 3 is 2.59 bits per heavy atom. The summed E-state index contributed by atoms with van der Waals surface area (Å²) in [6.45, 7) is -0.233. The van der Waals surface area contributed by atoms with Crippen molar-refractivity contribution in [3.05, 3.63) is 59.9 Å². The summed E-state index contributed by atoms with van der Waals surface area (Å²) in [6, 6.07) is 13.2. The van der Waals surface area contributed by atoms with Gasteiger partial charge >= 0.3 is 0 Å². The number of hydrogen-bond donors (Lipinski definition) is 1. The molecule has 1 aromatic heterocycles. The van der Waals surface area contributed by atoms with Crippen molar-refractivity contribution in [2.75, 3.05) is 7.11 Å². The lowest BCUT2D eigenvalue weighted by Gasteiger charge is -2.04. The highest BCUT2D eigenvalue weighted by molar-refractivity contribution is 5.73. The molecule has 0 aliphatic heterocycles. The molecular formula is C17H14FNO3. The monoisotopic (exact) mass is 299 g/mol. The number of benzene rings is 2. The van der Waals surface area contributed by atoms with Gasteiger partial charge in [-0.3, -0.25) is 0 Å². The van der Waals surface area contributed by atoms with E-state index in [0.717, 1.165) is 5.56 Å². The Kier molecular flexibility index (Phi) is 3.89.